The van der Waals surface area contributed by atoms with E-state index in [0.717, 1.165) is 18.7 Å². The normalized spacial score (nSPS) is 13.1. The molecule has 1 aliphatic rings. The van der Waals surface area contributed by atoms with E-state index >= 15 is 0 Å². The number of hydrogen-bond acceptors (Lipinski definition) is 6. The number of carbonyl (C=O) groups is 1. The summed E-state index contributed by atoms with van der Waals surface area (Å²) in [4.78, 5) is 38.7. The van der Waals surface area contributed by atoms with E-state index in [1.807, 2.05) is 6.92 Å². The molecule has 0 saturated heterocycles. The number of halogens is 1. The molecule has 8 nitrogen and oxygen atoms in total. The third kappa shape index (κ3) is 4.20. The second-order valence-corrected chi connectivity index (χ2v) is 8.00. The number of nitrogens with zero attached hydrogens (tertiary/aromatic N) is 5. The first-order chi connectivity index (χ1) is 14.4. The van der Waals surface area contributed by atoms with Gasteiger partial charge in [-0.2, -0.15) is 0 Å². The van der Waals surface area contributed by atoms with E-state index in [9.17, 15) is 14.9 Å². The molecule has 0 spiro atoms. The third-order valence-electron chi connectivity index (χ3n) is 4.92. The highest BCUT2D eigenvalue weighted by Crippen LogP contribution is 2.37. The number of pyridine rings is 1. The van der Waals surface area contributed by atoms with Crippen molar-refractivity contribution in [2.75, 3.05) is 4.90 Å². The van der Waals surface area contributed by atoms with Gasteiger partial charge in [-0.05, 0) is 59.5 Å². The first-order valence-electron chi connectivity index (χ1n) is 9.42. The molecule has 1 saturated carbocycles. The van der Waals surface area contributed by atoms with Crippen LogP contribution in [0.25, 0.3) is 0 Å². The van der Waals surface area contributed by atoms with Gasteiger partial charge in [0, 0.05) is 30.6 Å². The lowest BCUT2D eigenvalue weighted by atomic mass is 10.1. The number of carbonyl (C=O) groups excluding carboxylic acids is 1. The minimum atomic E-state index is -0.459. The predicted molar refractivity (Wildman–Crippen MR) is 114 cm³/mol. The van der Waals surface area contributed by atoms with E-state index in [0.29, 0.717) is 32.9 Å². The monoisotopic (exact) mass is 467 g/mol. The molecule has 9 heteroatoms. The van der Waals surface area contributed by atoms with Crippen molar-refractivity contribution in [3.63, 3.8) is 0 Å². The number of hydrogen-bond donors (Lipinski definition) is 0. The number of anilines is 1. The first-order valence-corrected chi connectivity index (χ1v) is 10.2. The van der Waals surface area contributed by atoms with E-state index in [2.05, 4.69) is 30.9 Å². The summed E-state index contributed by atoms with van der Waals surface area (Å²) in [5.41, 5.74) is 2.22. The summed E-state index contributed by atoms with van der Waals surface area (Å²) in [7, 11) is 0. The Labute approximate surface area is 181 Å². The maximum atomic E-state index is 13.4. The standard InChI is InChI=1S/C21H18BrN5O3/c1-13-18(3-2-8-23-13)26(12-14-4-7-17(22)19(9-14)27(29)30)21(28)16-10-24-20(25-11-16)15-5-6-15/h2-4,7-11,15H,5-6,12H2,1H3. The zero-order chi connectivity index (χ0) is 21.3. The average Bonchev–Trinajstić information content (AvgIpc) is 3.59. The van der Waals surface area contributed by atoms with E-state index in [1.165, 1.54) is 6.07 Å². The van der Waals surface area contributed by atoms with Crippen LogP contribution < -0.4 is 4.90 Å². The van der Waals surface area contributed by atoms with Gasteiger partial charge in [-0.15, -0.1) is 0 Å². The fourth-order valence-corrected chi connectivity index (χ4v) is 3.55. The number of nitro benzene ring substituents is 1. The Bertz CT molecular complexity index is 1120. The number of amides is 1. The van der Waals surface area contributed by atoms with Crippen LogP contribution >= 0.6 is 15.9 Å². The van der Waals surface area contributed by atoms with E-state index < -0.39 is 4.92 Å². The lowest BCUT2D eigenvalue weighted by molar-refractivity contribution is -0.385. The summed E-state index contributed by atoms with van der Waals surface area (Å²) in [6.45, 7) is 1.95. The van der Waals surface area contributed by atoms with Crippen molar-refractivity contribution in [3.8, 4) is 0 Å². The van der Waals surface area contributed by atoms with Gasteiger partial charge in [0.05, 0.1) is 32.9 Å². The predicted octanol–water partition coefficient (Wildman–Crippen LogP) is 4.58. The Balaban J connectivity index is 1.69. The summed E-state index contributed by atoms with van der Waals surface area (Å²) in [5, 5.41) is 11.3. The van der Waals surface area contributed by atoms with Gasteiger partial charge in [-0.25, -0.2) is 9.97 Å². The Hall–Kier alpha value is -3.20. The van der Waals surface area contributed by atoms with Crippen molar-refractivity contribution in [2.24, 2.45) is 0 Å². The summed E-state index contributed by atoms with van der Waals surface area (Å²) >= 11 is 3.19. The summed E-state index contributed by atoms with van der Waals surface area (Å²) < 4.78 is 0.385. The molecule has 1 aromatic carbocycles. The fraction of sp³-hybridized carbons (Fsp3) is 0.238. The number of aryl methyl sites for hydroxylation is 1. The van der Waals surface area contributed by atoms with Gasteiger partial charge in [0.25, 0.3) is 11.6 Å². The van der Waals surface area contributed by atoms with Gasteiger partial charge < -0.3 is 4.90 Å². The van der Waals surface area contributed by atoms with Crippen molar-refractivity contribution in [2.45, 2.75) is 32.2 Å². The Morgan fingerprint density at radius 2 is 1.97 bits per heavy atom. The Kier molecular flexibility index (Phi) is 5.54. The molecule has 3 aromatic rings. The topological polar surface area (TPSA) is 102 Å². The van der Waals surface area contributed by atoms with Gasteiger partial charge in [-0.1, -0.05) is 6.07 Å². The molecule has 0 radical (unpaired) electrons. The maximum absolute atomic E-state index is 13.4. The largest absolute Gasteiger partial charge is 0.302 e. The van der Waals surface area contributed by atoms with Gasteiger partial charge in [0.15, 0.2) is 0 Å². The number of nitro groups is 1. The number of benzene rings is 1. The van der Waals surface area contributed by atoms with Crippen LogP contribution in [-0.4, -0.2) is 25.8 Å². The molecule has 4 rings (SSSR count). The van der Waals surface area contributed by atoms with Crippen molar-refractivity contribution in [3.05, 3.63) is 86.2 Å². The highest BCUT2D eigenvalue weighted by molar-refractivity contribution is 9.10. The van der Waals surface area contributed by atoms with Crippen molar-refractivity contribution in [1.82, 2.24) is 15.0 Å². The summed E-state index contributed by atoms with van der Waals surface area (Å²) in [5.74, 6) is 0.868. The van der Waals surface area contributed by atoms with Gasteiger partial charge in [0.2, 0.25) is 0 Å². The minimum absolute atomic E-state index is 0.0556. The van der Waals surface area contributed by atoms with Crippen LogP contribution in [0.3, 0.4) is 0 Å². The first kappa shape index (κ1) is 20.1. The molecule has 0 aliphatic heterocycles. The zero-order valence-corrected chi connectivity index (χ0v) is 17.7. The lowest BCUT2D eigenvalue weighted by Gasteiger charge is -2.24. The van der Waals surface area contributed by atoms with Crippen LogP contribution in [-0.2, 0) is 6.54 Å². The second kappa shape index (κ2) is 8.27. The van der Waals surface area contributed by atoms with Crippen LogP contribution in [0.5, 0.6) is 0 Å². The van der Waals surface area contributed by atoms with Crippen LogP contribution in [0.2, 0.25) is 0 Å². The molecule has 2 heterocycles. The van der Waals surface area contributed by atoms with Gasteiger partial charge in [0.1, 0.15) is 5.82 Å². The molecule has 0 bridgehead atoms. The minimum Gasteiger partial charge on any atom is -0.302 e. The molecular formula is C21H18BrN5O3. The average molecular weight is 468 g/mol. The number of aromatic nitrogens is 3. The van der Waals surface area contributed by atoms with Crippen LogP contribution in [0.1, 0.15) is 46.2 Å². The second-order valence-electron chi connectivity index (χ2n) is 7.15. The summed E-state index contributed by atoms with van der Waals surface area (Å²) in [6.07, 6.45) is 6.91. The molecule has 1 fully saturated rings. The highest BCUT2D eigenvalue weighted by Gasteiger charge is 2.27. The SMILES string of the molecule is Cc1ncccc1N(Cc1ccc(Br)c([N+](=O)[O-])c1)C(=O)c1cnc(C2CC2)nc1. The van der Waals surface area contributed by atoms with E-state index in [4.69, 9.17) is 0 Å². The van der Waals surface area contributed by atoms with Crippen LogP contribution in [0.4, 0.5) is 11.4 Å². The zero-order valence-electron chi connectivity index (χ0n) is 16.2. The number of rotatable bonds is 6. The quantitative estimate of drug-likeness (QED) is 0.388. The molecular weight excluding hydrogens is 450 g/mol. The molecule has 152 valence electrons. The fourth-order valence-electron chi connectivity index (χ4n) is 3.16. The van der Waals surface area contributed by atoms with Crippen LogP contribution in [0, 0.1) is 17.0 Å². The Morgan fingerprint density at radius 3 is 2.60 bits per heavy atom. The molecule has 2 aromatic heterocycles. The Morgan fingerprint density at radius 1 is 1.23 bits per heavy atom. The molecule has 0 atom stereocenters. The maximum Gasteiger partial charge on any atom is 0.283 e. The molecule has 0 unspecified atom stereocenters. The van der Waals surface area contributed by atoms with E-state index in [1.54, 1.807) is 47.8 Å². The third-order valence-corrected chi connectivity index (χ3v) is 5.59. The van der Waals surface area contributed by atoms with Gasteiger partial charge in [-0.3, -0.25) is 19.9 Å². The molecule has 1 amide bonds. The van der Waals surface area contributed by atoms with Crippen molar-refractivity contribution in [1.29, 1.82) is 0 Å². The molecule has 1 aliphatic carbocycles. The smallest absolute Gasteiger partial charge is 0.283 e. The van der Waals surface area contributed by atoms with Crippen LogP contribution in [0.15, 0.2) is 53.4 Å². The van der Waals surface area contributed by atoms with E-state index in [-0.39, 0.29) is 18.1 Å². The van der Waals surface area contributed by atoms with Crippen molar-refractivity contribution < 1.29 is 9.72 Å². The molecule has 30 heavy (non-hydrogen) atoms. The molecule has 0 N–H and O–H groups in total. The highest BCUT2D eigenvalue weighted by atomic mass is 79.9. The van der Waals surface area contributed by atoms with Gasteiger partial charge >= 0.3 is 0 Å². The lowest BCUT2D eigenvalue weighted by Crippen LogP contribution is -2.31. The summed E-state index contributed by atoms with van der Waals surface area (Å²) in [6, 6.07) is 8.37. The van der Waals surface area contributed by atoms with Crippen molar-refractivity contribution >= 4 is 33.2 Å².